The van der Waals surface area contributed by atoms with E-state index in [0.29, 0.717) is 0 Å². The normalized spacial score (nSPS) is 29.1. The Balaban J connectivity index is 1.80. The van der Waals surface area contributed by atoms with Crippen molar-refractivity contribution in [3.63, 3.8) is 0 Å². The molecule has 120 valence electrons. The van der Waals surface area contributed by atoms with Crippen LogP contribution in [0.2, 0.25) is 0 Å². The lowest BCUT2D eigenvalue weighted by Crippen LogP contribution is -2.50. The molecule has 24 heavy (non-hydrogen) atoms. The Morgan fingerprint density at radius 1 is 1.08 bits per heavy atom. The minimum absolute atomic E-state index is 0.192. The largest absolute Gasteiger partial charge is 0.354 e. The van der Waals surface area contributed by atoms with E-state index in [2.05, 4.69) is 34.2 Å². The number of carbonyl (C=O) groups is 1. The number of aliphatic imine (C=N–C) groups is 1. The molecule has 1 unspecified atom stereocenters. The van der Waals surface area contributed by atoms with Gasteiger partial charge in [-0.1, -0.05) is 36.4 Å². The molecule has 0 aromatic heterocycles. The summed E-state index contributed by atoms with van der Waals surface area (Å²) >= 11 is 0. The van der Waals surface area contributed by atoms with Gasteiger partial charge in [-0.3, -0.25) is 4.90 Å². The van der Waals surface area contributed by atoms with Crippen molar-refractivity contribution < 1.29 is 4.79 Å². The number of urea groups is 1. The Bertz CT molecular complexity index is 803. The second-order valence-electron chi connectivity index (χ2n) is 6.20. The molecule has 2 amide bonds. The summed E-state index contributed by atoms with van der Waals surface area (Å²) in [5.41, 5.74) is 1.63. The first-order valence-electron chi connectivity index (χ1n) is 8.20. The number of nitrogens with zero attached hydrogens (tertiary/aromatic N) is 3. The number of carbonyl (C=O) groups excluding carboxylic acids is 1. The van der Waals surface area contributed by atoms with E-state index in [9.17, 15) is 4.79 Å². The Kier molecular flexibility index (Phi) is 3.65. The molecule has 4 bridgehead atoms. The number of allylic oxidation sites excluding steroid dienone is 5. The number of hydrogen-bond donors (Lipinski definition) is 0. The molecular formula is C20H19N3O. The zero-order valence-corrected chi connectivity index (χ0v) is 13.4. The van der Waals surface area contributed by atoms with Crippen LogP contribution in [-0.4, -0.2) is 29.2 Å². The molecule has 5 rings (SSSR count). The van der Waals surface area contributed by atoms with Crippen LogP contribution in [-0.2, 0) is 6.42 Å². The summed E-state index contributed by atoms with van der Waals surface area (Å²) < 4.78 is 0. The predicted octanol–water partition coefficient (Wildman–Crippen LogP) is 3.84. The summed E-state index contributed by atoms with van der Waals surface area (Å²) in [5.74, 6) is 0. The maximum Gasteiger partial charge on any atom is 0.348 e. The molecule has 1 atom stereocenters. The Labute approximate surface area is 141 Å². The molecule has 0 radical (unpaired) electrons. The predicted molar refractivity (Wildman–Crippen MR) is 97.1 cm³/mol. The van der Waals surface area contributed by atoms with Crippen molar-refractivity contribution in [3.05, 3.63) is 78.7 Å². The monoisotopic (exact) mass is 317 g/mol. The molecule has 0 saturated carbocycles. The van der Waals surface area contributed by atoms with Gasteiger partial charge in [-0.2, -0.15) is 0 Å². The number of hydrogen-bond acceptors (Lipinski definition) is 2. The molecular weight excluding hydrogens is 298 g/mol. The minimum atomic E-state index is -0.452. The highest BCUT2D eigenvalue weighted by molar-refractivity contribution is 6.10. The highest BCUT2D eigenvalue weighted by atomic mass is 16.2. The van der Waals surface area contributed by atoms with Crippen molar-refractivity contribution in [3.8, 4) is 0 Å². The van der Waals surface area contributed by atoms with Crippen LogP contribution in [0, 0.1) is 0 Å². The number of amides is 2. The van der Waals surface area contributed by atoms with E-state index in [0.717, 1.165) is 25.1 Å². The SMILES string of the molecule is O=C1N=CC23C=CN(\C=C/C=C\C=C/Cc4cccc(c4)N12)CC3. The molecule has 4 heterocycles. The van der Waals surface area contributed by atoms with E-state index >= 15 is 0 Å². The fourth-order valence-electron chi connectivity index (χ4n) is 3.31. The van der Waals surface area contributed by atoms with Crippen molar-refractivity contribution >= 4 is 17.9 Å². The summed E-state index contributed by atoms with van der Waals surface area (Å²) in [6.45, 7) is 0.839. The van der Waals surface area contributed by atoms with Crippen LogP contribution in [0.3, 0.4) is 0 Å². The van der Waals surface area contributed by atoms with Crippen LogP contribution < -0.4 is 4.90 Å². The lowest BCUT2D eigenvalue weighted by Gasteiger charge is -2.38. The Hall–Kier alpha value is -2.88. The van der Waals surface area contributed by atoms with Gasteiger partial charge in [0.05, 0.1) is 0 Å². The number of benzene rings is 1. The second kappa shape index (κ2) is 5.96. The summed E-state index contributed by atoms with van der Waals surface area (Å²) in [7, 11) is 0. The molecule has 0 N–H and O–H groups in total. The molecule has 4 heteroatoms. The third kappa shape index (κ3) is 2.60. The number of anilines is 1. The van der Waals surface area contributed by atoms with E-state index in [1.165, 1.54) is 5.56 Å². The van der Waals surface area contributed by atoms with Gasteiger partial charge in [0.1, 0.15) is 5.54 Å². The number of fused-ring (bicyclic) bond motifs is 4. The average Bonchev–Trinajstić information content (AvgIpc) is 2.91. The maximum absolute atomic E-state index is 12.4. The standard InChI is InChI=1S/C20H19N3O/c24-19-21-16-20-10-13-22(14-11-20)12-5-3-1-2-4-7-17-8-6-9-18(15-17)23(19)20/h1-6,8-10,12-13,15-16H,7,11,14H2/b3-1-,4-2-,12-5-. The molecule has 1 spiro atoms. The van der Waals surface area contributed by atoms with Gasteiger partial charge in [-0.25, -0.2) is 9.79 Å². The van der Waals surface area contributed by atoms with Crippen LogP contribution in [0.1, 0.15) is 12.0 Å². The molecule has 0 saturated heterocycles. The van der Waals surface area contributed by atoms with E-state index in [1.807, 2.05) is 53.7 Å². The van der Waals surface area contributed by atoms with Gasteiger partial charge in [0.25, 0.3) is 0 Å². The molecule has 4 nitrogen and oxygen atoms in total. The van der Waals surface area contributed by atoms with Crippen LogP contribution in [0.5, 0.6) is 0 Å². The zero-order valence-electron chi connectivity index (χ0n) is 13.4. The van der Waals surface area contributed by atoms with E-state index in [4.69, 9.17) is 0 Å². The molecule has 0 aliphatic carbocycles. The smallest absolute Gasteiger partial charge is 0.348 e. The van der Waals surface area contributed by atoms with Crippen molar-refractivity contribution in [1.82, 2.24) is 4.90 Å². The first-order chi connectivity index (χ1) is 11.8. The van der Waals surface area contributed by atoms with E-state index in [1.54, 1.807) is 6.21 Å². The molecule has 4 aliphatic rings. The van der Waals surface area contributed by atoms with Gasteiger partial charge in [0.15, 0.2) is 0 Å². The van der Waals surface area contributed by atoms with Crippen LogP contribution in [0.4, 0.5) is 10.5 Å². The fourth-order valence-corrected chi connectivity index (χ4v) is 3.31. The average molecular weight is 317 g/mol. The van der Waals surface area contributed by atoms with Crippen LogP contribution >= 0.6 is 0 Å². The maximum atomic E-state index is 12.4. The van der Waals surface area contributed by atoms with Crippen molar-refractivity contribution in [2.75, 3.05) is 11.4 Å². The van der Waals surface area contributed by atoms with Gasteiger partial charge >= 0.3 is 6.03 Å². The van der Waals surface area contributed by atoms with Crippen molar-refractivity contribution in [1.29, 1.82) is 0 Å². The van der Waals surface area contributed by atoms with Crippen LogP contribution in [0.15, 0.2) is 78.1 Å². The van der Waals surface area contributed by atoms with Gasteiger partial charge in [0.2, 0.25) is 0 Å². The van der Waals surface area contributed by atoms with Crippen molar-refractivity contribution in [2.45, 2.75) is 18.4 Å². The zero-order chi connectivity index (χ0) is 16.4. The molecule has 1 aromatic rings. The van der Waals surface area contributed by atoms with Gasteiger partial charge in [-0.05, 0) is 42.7 Å². The van der Waals surface area contributed by atoms with E-state index < -0.39 is 5.54 Å². The van der Waals surface area contributed by atoms with Crippen LogP contribution in [0.25, 0.3) is 0 Å². The summed E-state index contributed by atoms with van der Waals surface area (Å²) in [6.07, 6.45) is 19.8. The third-order valence-corrected chi connectivity index (χ3v) is 4.60. The highest BCUT2D eigenvalue weighted by Crippen LogP contribution is 2.34. The Morgan fingerprint density at radius 2 is 2.00 bits per heavy atom. The summed E-state index contributed by atoms with van der Waals surface area (Å²) in [6, 6.07) is 7.97. The fraction of sp³-hybridized carbons (Fsp3) is 0.200. The molecule has 0 fully saturated rings. The first kappa shape index (κ1) is 14.7. The Morgan fingerprint density at radius 3 is 2.88 bits per heavy atom. The minimum Gasteiger partial charge on any atom is -0.354 e. The topological polar surface area (TPSA) is 35.9 Å². The van der Waals surface area contributed by atoms with E-state index in [-0.39, 0.29) is 6.03 Å². The van der Waals surface area contributed by atoms with Gasteiger partial charge in [0, 0.05) is 30.8 Å². The summed E-state index contributed by atoms with van der Waals surface area (Å²) in [4.78, 5) is 20.5. The second-order valence-corrected chi connectivity index (χ2v) is 6.20. The highest BCUT2D eigenvalue weighted by Gasteiger charge is 2.43. The van der Waals surface area contributed by atoms with Crippen molar-refractivity contribution in [2.24, 2.45) is 4.99 Å². The van der Waals surface area contributed by atoms with Gasteiger partial charge < -0.3 is 4.90 Å². The quantitative estimate of drug-likeness (QED) is 0.729. The summed E-state index contributed by atoms with van der Waals surface area (Å²) in [5, 5.41) is 0. The first-order valence-corrected chi connectivity index (χ1v) is 8.20. The molecule has 1 aromatic carbocycles. The lowest BCUT2D eigenvalue weighted by atomic mass is 9.92. The third-order valence-electron chi connectivity index (χ3n) is 4.60. The number of rotatable bonds is 0. The van der Waals surface area contributed by atoms with Gasteiger partial charge in [-0.15, -0.1) is 0 Å². The molecule has 4 aliphatic heterocycles. The lowest BCUT2D eigenvalue weighted by molar-refractivity contribution is 0.253.